The lowest BCUT2D eigenvalue weighted by Crippen LogP contribution is -2.11. The van der Waals surface area contributed by atoms with E-state index in [2.05, 4.69) is 9.97 Å². The fraction of sp³-hybridized carbons (Fsp3) is 0.0556. The van der Waals surface area contributed by atoms with Crippen molar-refractivity contribution in [3.63, 3.8) is 0 Å². The van der Waals surface area contributed by atoms with E-state index in [4.69, 9.17) is 16.3 Å². The van der Waals surface area contributed by atoms with Crippen molar-refractivity contribution in [2.45, 2.75) is 6.18 Å². The number of nitrogens with zero attached hydrogens (tertiary/aromatic N) is 2. The molecule has 0 saturated heterocycles. The van der Waals surface area contributed by atoms with Crippen LogP contribution in [0.2, 0.25) is 5.02 Å². The fourth-order valence-corrected chi connectivity index (χ4v) is 2.22. The zero-order valence-electron chi connectivity index (χ0n) is 13.0. The molecule has 4 nitrogen and oxygen atoms in total. The number of hydrogen-bond acceptors (Lipinski definition) is 4. The Morgan fingerprint density at radius 3 is 2.23 bits per heavy atom. The lowest BCUT2D eigenvalue weighted by atomic mass is 10.1. The van der Waals surface area contributed by atoms with Crippen LogP contribution in [0.15, 0.2) is 60.9 Å². The average molecular weight is 379 g/mol. The van der Waals surface area contributed by atoms with E-state index in [0.29, 0.717) is 10.6 Å². The van der Waals surface area contributed by atoms with E-state index in [-0.39, 0.29) is 17.1 Å². The van der Waals surface area contributed by atoms with Gasteiger partial charge in [-0.05, 0) is 36.4 Å². The second-order valence-electron chi connectivity index (χ2n) is 5.21. The first-order chi connectivity index (χ1) is 12.3. The summed E-state index contributed by atoms with van der Waals surface area (Å²) in [4.78, 5) is 20.2. The summed E-state index contributed by atoms with van der Waals surface area (Å²) in [7, 11) is 0. The first-order valence-corrected chi connectivity index (χ1v) is 7.68. The molecule has 0 atom stereocenters. The first-order valence-electron chi connectivity index (χ1n) is 7.30. The van der Waals surface area contributed by atoms with Gasteiger partial charge in [-0.1, -0.05) is 23.7 Å². The van der Waals surface area contributed by atoms with Crippen molar-refractivity contribution in [3.05, 3.63) is 77.2 Å². The highest BCUT2D eigenvalue weighted by molar-refractivity contribution is 6.30. The molecule has 0 aliphatic heterocycles. The molecule has 26 heavy (non-hydrogen) atoms. The minimum absolute atomic E-state index is 0.0719. The van der Waals surface area contributed by atoms with E-state index in [1.54, 1.807) is 12.1 Å². The van der Waals surface area contributed by atoms with Crippen LogP contribution in [0.3, 0.4) is 0 Å². The van der Waals surface area contributed by atoms with E-state index in [1.165, 1.54) is 36.7 Å². The van der Waals surface area contributed by atoms with Crippen molar-refractivity contribution in [3.8, 4) is 17.0 Å². The molecule has 0 spiro atoms. The molecule has 0 fully saturated rings. The lowest BCUT2D eigenvalue weighted by molar-refractivity contribution is -0.137. The molecule has 3 aromatic rings. The quantitative estimate of drug-likeness (QED) is 0.473. The zero-order valence-corrected chi connectivity index (χ0v) is 13.8. The van der Waals surface area contributed by atoms with Crippen LogP contribution in [0, 0.1) is 0 Å². The van der Waals surface area contributed by atoms with Gasteiger partial charge in [0.15, 0.2) is 5.69 Å². The Morgan fingerprint density at radius 2 is 1.62 bits per heavy atom. The van der Waals surface area contributed by atoms with Gasteiger partial charge in [-0.15, -0.1) is 0 Å². The van der Waals surface area contributed by atoms with Crippen LogP contribution in [0.5, 0.6) is 5.75 Å². The monoisotopic (exact) mass is 378 g/mol. The minimum atomic E-state index is -4.42. The molecule has 0 unspecified atom stereocenters. The number of ether oxygens (including phenoxy) is 1. The van der Waals surface area contributed by atoms with E-state index < -0.39 is 17.7 Å². The molecule has 0 bridgehead atoms. The van der Waals surface area contributed by atoms with Gasteiger partial charge in [0.25, 0.3) is 0 Å². The van der Waals surface area contributed by atoms with Gasteiger partial charge in [0.1, 0.15) is 5.75 Å². The molecule has 0 aliphatic rings. The maximum Gasteiger partial charge on any atom is 0.416 e. The van der Waals surface area contributed by atoms with Gasteiger partial charge in [0, 0.05) is 10.6 Å². The summed E-state index contributed by atoms with van der Waals surface area (Å²) in [6.07, 6.45) is -1.86. The molecule has 0 amide bonds. The van der Waals surface area contributed by atoms with Crippen LogP contribution < -0.4 is 4.74 Å². The Labute approximate surface area is 151 Å². The topological polar surface area (TPSA) is 52.1 Å². The van der Waals surface area contributed by atoms with Crippen molar-refractivity contribution < 1.29 is 22.7 Å². The van der Waals surface area contributed by atoms with Crippen LogP contribution >= 0.6 is 11.6 Å². The van der Waals surface area contributed by atoms with Gasteiger partial charge in [0.05, 0.1) is 23.7 Å². The molecule has 8 heteroatoms. The summed E-state index contributed by atoms with van der Waals surface area (Å²) < 4.78 is 43.0. The van der Waals surface area contributed by atoms with Crippen molar-refractivity contribution in [2.75, 3.05) is 0 Å². The summed E-state index contributed by atoms with van der Waals surface area (Å²) in [5.74, 6) is -0.463. The summed E-state index contributed by atoms with van der Waals surface area (Å²) >= 11 is 5.76. The number of rotatable bonds is 3. The van der Waals surface area contributed by atoms with Crippen LogP contribution in [0.4, 0.5) is 13.2 Å². The second kappa shape index (κ2) is 7.13. The number of hydrogen-bond donors (Lipinski definition) is 0. The van der Waals surface area contributed by atoms with Crippen LogP contribution in [0.1, 0.15) is 16.1 Å². The highest BCUT2D eigenvalue weighted by atomic mass is 35.5. The van der Waals surface area contributed by atoms with Gasteiger partial charge in [-0.25, -0.2) is 9.78 Å². The Kier molecular flexibility index (Phi) is 4.90. The molecular weight excluding hydrogens is 369 g/mol. The van der Waals surface area contributed by atoms with E-state index in [9.17, 15) is 18.0 Å². The molecule has 0 radical (unpaired) electrons. The number of aromatic nitrogens is 2. The van der Waals surface area contributed by atoms with Crippen LogP contribution in [0.25, 0.3) is 11.3 Å². The number of benzene rings is 2. The molecule has 3 rings (SSSR count). The molecule has 0 saturated carbocycles. The highest BCUT2D eigenvalue weighted by Gasteiger charge is 2.30. The van der Waals surface area contributed by atoms with Crippen molar-refractivity contribution in [2.24, 2.45) is 0 Å². The van der Waals surface area contributed by atoms with E-state index >= 15 is 0 Å². The van der Waals surface area contributed by atoms with Crippen LogP contribution in [-0.2, 0) is 6.18 Å². The molecular formula is C18H10ClF3N2O2. The van der Waals surface area contributed by atoms with Gasteiger partial charge in [-0.2, -0.15) is 13.2 Å². The van der Waals surface area contributed by atoms with Gasteiger partial charge in [0.2, 0.25) is 0 Å². The smallest absolute Gasteiger partial charge is 0.416 e. The maximum atomic E-state index is 12.6. The standard InChI is InChI=1S/C18H10ClF3N2O2/c19-13-5-7-14(8-6-13)26-17(25)16-10-23-9-15(24-16)11-1-3-12(4-2-11)18(20,21)22/h1-10H. The van der Waals surface area contributed by atoms with E-state index in [1.807, 2.05) is 0 Å². The highest BCUT2D eigenvalue weighted by Crippen LogP contribution is 2.30. The Balaban J connectivity index is 1.81. The minimum Gasteiger partial charge on any atom is -0.422 e. The SMILES string of the molecule is O=C(Oc1ccc(Cl)cc1)c1cncc(-c2ccc(C(F)(F)F)cc2)n1. The molecule has 1 heterocycles. The normalized spacial score (nSPS) is 11.2. The Bertz CT molecular complexity index is 926. The maximum absolute atomic E-state index is 12.6. The molecule has 0 aliphatic carbocycles. The predicted molar refractivity (Wildman–Crippen MR) is 88.9 cm³/mol. The van der Waals surface area contributed by atoms with Crippen LogP contribution in [-0.4, -0.2) is 15.9 Å². The summed E-state index contributed by atoms with van der Waals surface area (Å²) in [5, 5.41) is 0.494. The number of halogens is 4. The molecule has 0 N–H and O–H groups in total. The molecule has 1 aromatic heterocycles. The Morgan fingerprint density at radius 1 is 0.962 bits per heavy atom. The third-order valence-electron chi connectivity index (χ3n) is 3.38. The predicted octanol–water partition coefficient (Wildman–Crippen LogP) is 5.04. The fourth-order valence-electron chi connectivity index (χ4n) is 2.10. The zero-order chi connectivity index (χ0) is 18.7. The largest absolute Gasteiger partial charge is 0.422 e. The second-order valence-corrected chi connectivity index (χ2v) is 5.64. The average Bonchev–Trinajstić information content (AvgIpc) is 2.63. The summed E-state index contributed by atoms with van der Waals surface area (Å²) in [6.45, 7) is 0. The van der Waals surface area contributed by atoms with Gasteiger partial charge < -0.3 is 4.74 Å². The number of alkyl halides is 3. The number of esters is 1. The molecule has 132 valence electrons. The lowest BCUT2D eigenvalue weighted by Gasteiger charge is -2.08. The number of carbonyl (C=O) groups excluding carboxylic acids is 1. The first kappa shape index (κ1) is 17.9. The summed E-state index contributed by atoms with van der Waals surface area (Å²) in [5.41, 5.74) is -0.194. The van der Waals surface area contributed by atoms with E-state index in [0.717, 1.165) is 12.1 Å². The molecule has 2 aromatic carbocycles. The van der Waals surface area contributed by atoms with Gasteiger partial charge in [-0.3, -0.25) is 4.98 Å². The third-order valence-corrected chi connectivity index (χ3v) is 3.63. The number of carbonyl (C=O) groups is 1. The van der Waals surface area contributed by atoms with Crippen molar-refractivity contribution in [1.29, 1.82) is 0 Å². The Hall–Kier alpha value is -2.93. The van der Waals surface area contributed by atoms with Crippen molar-refractivity contribution in [1.82, 2.24) is 9.97 Å². The van der Waals surface area contributed by atoms with Gasteiger partial charge >= 0.3 is 12.1 Å². The third kappa shape index (κ3) is 4.18. The van der Waals surface area contributed by atoms with Crippen molar-refractivity contribution >= 4 is 17.6 Å². The summed E-state index contributed by atoms with van der Waals surface area (Å²) in [6, 6.07) is 10.6.